The van der Waals surface area contributed by atoms with E-state index in [1.54, 1.807) is 0 Å². The van der Waals surface area contributed by atoms with E-state index >= 15 is 0 Å². The molecule has 0 aromatic heterocycles. The number of amides is 1. The summed E-state index contributed by atoms with van der Waals surface area (Å²) in [6.45, 7) is 4.58. The van der Waals surface area contributed by atoms with Crippen LogP contribution in [0.5, 0.6) is 0 Å². The lowest BCUT2D eigenvalue weighted by atomic mass is 10.0. The minimum absolute atomic E-state index is 0.00284. The van der Waals surface area contributed by atoms with Gasteiger partial charge < -0.3 is 28.8 Å². The number of nitrogens with one attached hydrogen (secondary N) is 1. The highest BCUT2D eigenvalue weighted by molar-refractivity contribution is 7.45. The Balaban J connectivity index is 4.18. The number of aliphatic hydroxyl groups is 1. The van der Waals surface area contributed by atoms with Crippen LogP contribution in [0.3, 0.4) is 0 Å². The van der Waals surface area contributed by atoms with E-state index in [-0.39, 0.29) is 25.5 Å². The topological polar surface area (TPSA) is 108 Å². The molecule has 0 saturated carbocycles. The number of unbranched alkanes of at least 4 members (excludes halogenated alkanes) is 30. The van der Waals surface area contributed by atoms with Crippen molar-refractivity contribution in [2.45, 2.75) is 289 Å². The fraction of sp³-hybridized carbons (Fsp3) is 0.773. The van der Waals surface area contributed by atoms with Crippen LogP contribution < -0.4 is 10.2 Å². The lowest BCUT2D eigenvalue weighted by molar-refractivity contribution is -0.870. The molecule has 2 N–H and O–H groups in total. The Bertz CT molecular complexity index is 1500. The number of hydrogen-bond acceptors (Lipinski definition) is 6. The van der Waals surface area contributed by atoms with Crippen LogP contribution in [0.2, 0.25) is 0 Å². The number of carbonyl (C=O) groups is 1. The molecule has 0 rings (SSSR count). The average molecular weight is 1070 g/mol. The zero-order valence-corrected chi connectivity index (χ0v) is 50.6. The Morgan fingerprint density at radius 1 is 0.480 bits per heavy atom. The fourth-order valence-corrected chi connectivity index (χ4v) is 9.75. The molecule has 0 aromatic rings. The molecule has 0 fully saturated rings. The number of quaternary nitrogens is 1. The molecule has 0 heterocycles. The Kier molecular flexibility index (Phi) is 54.7. The molecule has 0 aliphatic carbocycles. The lowest BCUT2D eigenvalue weighted by Gasteiger charge is -2.30. The maximum atomic E-state index is 13.0. The van der Waals surface area contributed by atoms with Crippen molar-refractivity contribution in [1.29, 1.82) is 0 Å². The van der Waals surface area contributed by atoms with Gasteiger partial charge in [-0.15, -0.1) is 0 Å². The van der Waals surface area contributed by atoms with Crippen molar-refractivity contribution in [3.63, 3.8) is 0 Å². The monoisotopic (exact) mass is 1070 g/mol. The van der Waals surface area contributed by atoms with Crippen LogP contribution in [0.25, 0.3) is 0 Å². The zero-order chi connectivity index (χ0) is 54.9. The molecule has 3 atom stereocenters. The summed E-state index contributed by atoms with van der Waals surface area (Å²) >= 11 is 0. The van der Waals surface area contributed by atoms with E-state index in [0.717, 1.165) is 70.6 Å². The standard InChI is InChI=1S/C66H121N2O6P/c1-6-8-10-12-14-16-18-20-22-24-26-28-30-31-32-33-34-35-36-38-39-41-43-45-47-49-51-53-55-57-59-65(69)64(63-74-75(71,72)73-62-61-68(3,4)5)67-66(70)60-58-56-54-52-50-48-46-44-42-40-37-29-27-25-23-21-19-17-15-13-11-9-7-2/h9,11,15,17,21,23,27,29,40,42,46,48,52,54,64-65,69H,6-8,10,12-14,16,18-20,22,24-26,28,30-39,41,43-45,47,49-51,53,55-63H2,1-5H3,(H-,67,70,71,72)/b11-9-,17-15-,23-21-,29-27-,42-40-,48-46-,54-52-. The van der Waals surface area contributed by atoms with Crippen molar-refractivity contribution in [3.8, 4) is 0 Å². The number of allylic oxidation sites excluding steroid dienone is 14. The van der Waals surface area contributed by atoms with Gasteiger partial charge in [0.25, 0.3) is 7.82 Å². The number of carbonyl (C=O) groups excluding carboxylic acids is 1. The molecule has 0 aliphatic rings. The summed E-state index contributed by atoms with van der Waals surface area (Å²) in [4.78, 5) is 25.6. The maximum Gasteiger partial charge on any atom is 0.268 e. The highest BCUT2D eigenvalue weighted by Crippen LogP contribution is 2.38. The smallest absolute Gasteiger partial charge is 0.268 e. The summed E-state index contributed by atoms with van der Waals surface area (Å²) in [6, 6.07) is -0.839. The third kappa shape index (κ3) is 59.2. The van der Waals surface area contributed by atoms with E-state index in [1.165, 1.54) is 173 Å². The van der Waals surface area contributed by atoms with Gasteiger partial charge >= 0.3 is 0 Å². The third-order valence-electron chi connectivity index (χ3n) is 13.9. The second-order valence-electron chi connectivity index (χ2n) is 22.4. The number of hydrogen-bond donors (Lipinski definition) is 2. The molecule has 3 unspecified atom stereocenters. The van der Waals surface area contributed by atoms with Crippen molar-refractivity contribution in [3.05, 3.63) is 85.1 Å². The molecular formula is C66H121N2O6P. The number of rotatable bonds is 57. The Hall–Kier alpha value is -2.32. The molecular weight excluding hydrogens is 948 g/mol. The first kappa shape index (κ1) is 72.7. The maximum absolute atomic E-state index is 13.0. The Morgan fingerprint density at radius 3 is 1.13 bits per heavy atom. The van der Waals surface area contributed by atoms with Gasteiger partial charge in [-0.3, -0.25) is 9.36 Å². The third-order valence-corrected chi connectivity index (χ3v) is 14.9. The second-order valence-corrected chi connectivity index (χ2v) is 23.8. The first-order valence-corrected chi connectivity index (χ1v) is 32.9. The van der Waals surface area contributed by atoms with Gasteiger partial charge in [0.05, 0.1) is 39.9 Å². The van der Waals surface area contributed by atoms with E-state index in [1.807, 2.05) is 21.1 Å². The van der Waals surface area contributed by atoms with Gasteiger partial charge in [-0.1, -0.05) is 292 Å². The number of aliphatic hydroxyl groups excluding tert-OH is 1. The summed E-state index contributed by atoms with van der Waals surface area (Å²) < 4.78 is 23.4. The van der Waals surface area contributed by atoms with E-state index in [9.17, 15) is 19.4 Å². The van der Waals surface area contributed by atoms with E-state index in [0.29, 0.717) is 23.9 Å². The first-order valence-electron chi connectivity index (χ1n) is 31.4. The van der Waals surface area contributed by atoms with E-state index in [4.69, 9.17) is 9.05 Å². The minimum Gasteiger partial charge on any atom is -0.756 e. The van der Waals surface area contributed by atoms with Crippen LogP contribution in [-0.4, -0.2) is 68.5 Å². The minimum atomic E-state index is -4.60. The van der Waals surface area contributed by atoms with Crippen molar-refractivity contribution in [2.24, 2.45) is 0 Å². The molecule has 8 nitrogen and oxygen atoms in total. The van der Waals surface area contributed by atoms with Crippen LogP contribution in [0.1, 0.15) is 277 Å². The van der Waals surface area contributed by atoms with Crippen LogP contribution in [0.4, 0.5) is 0 Å². The Morgan fingerprint density at radius 2 is 0.800 bits per heavy atom. The highest BCUT2D eigenvalue weighted by atomic mass is 31.2. The van der Waals surface area contributed by atoms with E-state index in [2.05, 4.69) is 104 Å². The average Bonchev–Trinajstić information content (AvgIpc) is 3.37. The van der Waals surface area contributed by atoms with Crippen molar-refractivity contribution >= 4 is 13.7 Å². The predicted octanol–water partition coefficient (Wildman–Crippen LogP) is 19.0. The number of nitrogens with zero attached hydrogens (tertiary/aromatic N) is 1. The summed E-state index contributed by atoms with van der Waals surface area (Å²) in [7, 11) is 1.26. The molecule has 0 saturated heterocycles. The van der Waals surface area contributed by atoms with Gasteiger partial charge in [-0.25, -0.2) is 0 Å². The van der Waals surface area contributed by atoms with Gasteiger partial charge in [-0.2, -0.15) is 0 Å². The molecule has 0 aromatic carbocycles. The number of phosphoric acid groups is 1. The molecule has 436 valence electrons. The van der Waals surface area contributed by atoms with Crippen molar-refractivity contribution in [2.75, 3.05) is 40.9 Å². The fourth-order valence-electron chi connectivity index (χ4n) is 9.03. The molecule has 1 amide bonds. The zero-order valence-electron chi connectivity index (χ0n) is 49.7. The normalized spacial score (nSPS) is 14.4. The van der Waals surface area contributed by atoms with Gasteiger partial charge in [0, 0.05) is 6.42 Å². The SMILES string of the molecule is CC/C=C\C/C=C\C/C=C\C/C=C\C/C=C\C/C=C\C/C=C\CCCC(=O)NC(COP(=O)([O-])OCC[N+](C)(C)C)C(O)CCCCCCCCCCCCCCCCCCCCCCCCCCCCCCCC. The second kappa shape index (κ2) is 56.4. The summed E-state index contributed by atoms with van der Waals surface area (Å²) in [5.41, 5.74) is 0. The van der Waals surface area contributed by atoms with Crippen LogP contribution in [-0.2, 0) is 18.4 Å². The van der Waals surface area contributed by atoms with Crippen LogP contribution >= 0.6 is 7.82 Å². The summed E-state index contributed by atoms with van der Waals surface area (Å²) in [5.74, 6) is -0.222. The summed E-state index contributed by atoms with van der Waals surface area (Å²) in [6.07, 6.45) is 79.4. The predicted molar refractivity (Wildman–Crippen MR) is 325 cm³/mol. The quantitative estimate of drug-likeness (QED) is 0.0272. The highest BCUT2D eigenvalue weighted by Gasteiger charge is 2.24. The van der Waals surface area contributed by atoms with Crippen LogP contribution in [0.15, 0.2) is 85.1 Å². The van der Waals surface area contributed by atoms with E-state index < -0.39 is 20.0 Å². The molecule has 75 heavy (non-hydrogen) atoms. The van der Waals surface area contributed by atoms with Gasteiger partial charge in [-0.05, 0) is 64.2 Å². The lowest BCUT2D eigenvalue weighted by Crippen LogP contribution is -2.46. The molecule has 0 radical (unpaired) electrons. The van der Waals surface area contributed by atoms with Gasteiger partial charge in [0.15, 0.2) is 0 Å². The first-order chi connectivity index (χ1) is 36.5. The van der Waals surface area contributed by atoms with Crippen molar-refractivity contribution in [1.82, 2.24) is 5.32 Å². The molecule has 0 spiro atoms. The number of likely N-dealkylation sites (N-methyl/N-ethyl adjacent to an activating group) is 1. The van der Waals surface area contributed by atoms with Crippen LogP contribution in [0, 0.1) is 0 Å². The van der Waals surface area contributed by atoms with Gasteiger partial charge in [0.2, 0.25) is 5.91 Å². The summed E-state index contributed by atoms with van der Waals surface area (Å²) in [5, 5.41) is 14.0. The number of phosphoric ester groups is 1. The van der Waals surface area contributed by atoms with Crippen molar-refractivity contribution < 1.29 is 32.9 Å². The molecule has 9 heteroatoms. The molecule has 0 bridgehead atoms. The largest absolute Gasteiger partial charge is 0.756 e. The van der Waals surface area contributed by atoms with Gasteiger partial charge in [0.1, 0.15) is 13.2 Å². The molecule has 0 aliphatic heterocycles. The Labute approximate surface area is 465 Å².